The minimum atomic E-state index is -0.714. The Morgan fingerprint density at radius 3 is 2.37 bits per heavy atom. The summed E-state index contributed by atoms with van der Waals surface area (Å²) in [5.74, 6) is 0.567. The van der Waals surface area contributed by atoms with E-state index in [1.54, 1.807) is 12.2 Å². The Labute approximate surface area is 222 Å². The van der Waals surface area contributed by atoms with Crippen LogP contribution in [-0.4, -0.2) is 50.8 Å². The van der Waals surface area contributed by atoms with Gasteiger partial charge in [-0.25, -0.2) is 23.9 Å². The number of hydrogen-bond donors (Lipinski definition) is 1. The van der Waals surface area contributed by atoms with E-state index in [0.29, 0.717) is 11.7 Å². The number of benzene rings is 1. The number of carbonyl (C=O) groups is 2. The Hall–Kier alpha value is -4.32. The van der Waals surface area contributed by atoms with Gasteiger partial charge in [-0.1, -0.05) is 63.3 Å². The van der Waals surface area contributed by atoms with Crippen LogP contribution in [-0.2, 0) is 4.74 Å². The first-order valence-electron chi connectivity index (χ1n) is 12.8. The van der Waals surface area contributed by atoms with Crippen molar-refractivity contribution in [1.29, 1.82) is 0 Å². The second kappa shape index (κ2) is 11.4. The van der Waals surface area contributed by atoms with Gasteiger partial charge in [0.15, 0.2) is 11.5 Å². The number of nitrogens with one attached hydrogen (secondary N) is 1. The van der Waals surface area contributed by atoms with Crippen molar-refractivity contribution in [3.8, 4) is 17.3 Å². The molecule has 38 heavy (non-hydrogen) atoms. The molecule has 1 fully saturated rings. The van der Waals surface area contributed by atoms with Crippen LogP contribution in [0.1, 0.15) is 44.0 Å². The van der Waals surface area contributed by atoms with E-state index in [9.17, 15) is 9.59 Å². The second-order valence-corrected chi connectivity index (χ2v) is 9.99. The van der Waals surface area contributed by atoms with Crippen molar-refractivity contribution in [3.63, 3.8) is 0 Å². The van der Waals surface area contributed by atoms with Crippen LogP contribution < -0.4 is 4.74 Å². The van der Waals surface area contributed by atoms with Gasteiger partial charge >= 0.3 is 12.1 Å². The third kappa shape index (κ3) is 5.21. The molecule has 198 valence electrons. The first kappa shape index (κ1) is 26.7. The molecule has 4 rings (SSSR count). The highest BCUT2D eigenvalue weighted by molar-refractivity contribution is 6.05. The largest absolute Gasteiger partial charge is 0.459 e. The van der Waals surface area contributed by atoms with Crippen LogP contribution in [0.3, 0.4) is 0 Å². The van der Waals surface area contributed by atoms with Gasteiger partial charge < -0.3 is 14.4 Å². The molecular formula is C29H33N5O4. The maximum Gasteiger partial charge on any atom is 0.416 e. The van der Waals surface area contributed by atoms with Gasteiger partial charge in [0.2, 0.25) is 5.88 Å². The average molecular weight is 516 g/mol. The Kier molecular flexibility index (Phi) is 8.01. The number of aromatic amines is 1. The normalized spacial score (nSPS) is 20.9. The molecule has 1 aliphatic carbocycles. The predicted molar refractivity (Wildman–Crippen MR) is 145 cm³/mol. The standard InChI is InChI=1S/C29H33N5O4/c1-7-14-33(15-8-2)29(36)38-27-23(30-6)22(28(35)37-24-19(4)16-18(3)17-20(24)5)26-31-25(32-34(26)27)21-12-10-9-11-13-21/h7-13,18-20,24H,1-2,14-17H2,3-5H3,(H,31,32). The Morgan fingerprint density at radius 2 is 1.79 bits per heavy atom. The molecule has 0 radical (unpaired) electrons. The summed E-state index contributed by atoms with van der Waals surface area (Å²) in [6.45, 7) is 22.0. The van der Waals surface area contributed by atoms with Crippen LogP contribution in [0.2, 0.25) is 0 Å². The van der Waals surface area contributed by atoms with E-state index < -0.39 is 12.1 Å². The third-order valence-electron chi connectivity index (χ3n) is 6.93. The van der Waals surface area contributed by atoms with Gasteiger partial charge in [0.25, 0.3) is 5.69 Å². The summed E-state index contributed by atoms with van der Waals surface area (Å²) < 4.78 is 13.1. The van der Waals surface area contributed by atoms with E-state index >= 15 is 0 Å². The summed E-state index contributed by atoms with van der Waals surface area (Å²) in [6.07, 6.45) is 4.03. The van der Waals surface area contributed by atoms with E-state index in [-0.39, 0.29) is 53.8 Å². The summed E-state index contributed by atoms with van der Waals surface area (Å²) in [5, 5.41) is 3.08. The van der Waals surface area contributed by atoms with Crippen molar-refractivity contribution in [2.75, 3.05) is 13.1 Å². The van der Waals surface area contributed by atoms with E-state index in [4.69, 9.17) is 16.0 Å². The molecule has 1 aromatic carbocycles. The lowest BCUT2D eigenvalue weighted by molar-refractivity contribution is -0.0249. The molecule has 1 aliphatic rings. The number of fused-ring (bicyclic) bond motifs is 1. The predicted octanol–water partition coefficient (Wildman–Crippen LogP) is 6.28. The lowest BCUT2D eigenvalue weighted by Gasteiger charge is -2.37. The first-order chi connectivity index (χ1) is 18.3. The number of nitrogens with zero attached hydrogens (tertiary/aromatic N) is 4. The molecule has 1 N–H and O–H groups in total. The van der Waals surface area contributed by atoms with Gasteiger partial charge in [0.1, 0.15) is 11.7 Å². The fourth-order valence-electron chi connectivity index (χ4n) is 5.38. The minimum absolute atomic E-state index is 0.0294. The fraction of sp³-hybridized carbons (Fsp3) is 0.379. The van der Waals surface area contributed by atoms with Gasteiger partial charge in [0.05, 0.1) is 6.57 Å². The summed E-state index contributed by atoms with van der Waals surface area (Å²) in [5.41, 5.74) is 0.758. The monoisotopic (exact) mass is 515 g/mol. The molecule has 1 saturated carbocycles. The van der Waals surface area contributed by atoms with Crippen molar-refractivity contribution < 1.29 is 19.1 Å². The number of amides is 1. The van der Waals surface area contributed by atoms with Crippen LogP contribution >= 0.6 is 0 Å². The number of ether oxygens (including phenoxy) is 2. The Morgan fingerprint density at radius 1 is 1.16 bits per heavy atom. The van der Waals surface area contributed by atoms with Gasteiger partial charge in [-0.15, -0.1) is 13.2 Å². The van der Waals surface area contributed by atoms with Crippen molar-refractivity contribution >= 4 is 23.4 Å². The highest BCUT2D eigenvalue weighted by Gasteiger charge is 2.37. The van der Waals surface area contributed by atoms with Crippen LogP contribution in [0.4, 0.5) is 10.5 Å². The molecule has 0 saturated heterocycles. The quantitative estimate of drug-likeness (QED) is 0.216. The topological polar surface area (TPSA) is 93.3 Å². The third-order valence-corrected chi connectivity index (χ3v) is 6.93. The maximum absolute atomic E-state index is 13.7. The van der Waals surface area contributed by atoms with Gasteiger partial charge in [-0.2, -0.15) is 0 Å². The number of esters is 1. The summed E-state index contributed by atoms with van der Waals surface area (Å²) >= 11 is 0. The Bertz CT molecular complexity index is 1360. The molecule has 2 aromatic heterocycles. The van der Waals surface area contributed by atoms with E-state index in [1.807, 2.05) is 30.3 Å². The summed E-state index contributed by atoms with van der Waals surface area (Å²) in [4.78, 5) is 36.3. The number of carbonyl (C=O) groups excluding carboxylic acids is 2. The average Bonchev–Trinajstić information content (AvgIpc) is 3.44. The molecule has 0 spiro atoms. The van der Waals surface area contributed by atoms with Crippen molar-refractivity contribution in [2.24, 2.45) is 17.8 Å². The molecule has 2 atom stereocenters. The van der Waals surface area contributed by atoms with Crippen LogP contribution in [0.15, 0.2) is 55.6 Å². The van der Waals surface area contributed by atoms with E-state index in [2.05, 4.69) is 48.9 Å². The molecule has 3 aromatic rings. The Balaban J connectivity index is 1.79. The van der Waals surface area contributed by atoms with Crippen LogP contribution in [0.25, 0.3) is 21.9 Å². The molecule has 2 heterocycles. The lowest BCUT2D eigenvalue weighted by atomic mass is 9.75. The highest BCUT2D eigenvalue weighted by Crippen LogP contribution is 2.41. The number of hydrogen-bond acceptors (Lipinski definition) is 5. The molecule has 1 amide bonds. The van der Waals surface area contributed by atoms with E-state index in [0.717, 1.165) is 18.4 Å². The molecule has 2 unspecified atom stereocenters. The van der Waals surface area contributed by atoms with Gasteiger partial charge in [0, 0.05) is 18.7 Å². The SMILES string of the molecule is [C-]#[N+]c1c(C(=O)OC2C(C)CC(C)CC2C)c2nc(-c3ccccc3)[nH]n2c1OC(=O)N(CC=C)CC=C. The minimum Gasteiger partial charge on any atom is -0.459 e. The molecule has 9 nitrogen and oxygen atoms in total. The van der Waals surface area contributed by atoms with Crippen LogP contribution in [0, 0.1) is 24.3 Å². The van der Waals surface area contributed by atoms with Crippen LogP contribution in [0.5, 0.6) is 5.88 Å². The smallest absolute Gasteiger partial charge is 0.416 e. The zero-order valence-corrected chi connectivity index (χ0v) is 22.0. The summed E-state index contributed by atoms with van der Waals surface area (Å²) in [6, 6.07) is 9.33. The first-order valence-corrected chi connectivity index (χ1v) is 12.8. The van der Waals surface area contributed by atoms with E-state index in [1.165, 1.54) is 9.42 Å². The molecule has 0 bridgehead atoms. The highest BCUT2D eigenvalue weighted by atomic mass is 16.6. The number of aromatic nitrogens is 3. The van der Waals surface area contributed by atoms with Crippen molar-refractivity contribution in [3.05, 3.63) is 72.6 Å². The zero-order chi connectivity index (χ0) is 27.4. The van der Waals surface area contributed by atoms with Crippen molar-refractivity contribution in [2.45, 2.75) is 39.7 Å². The number of rotatable bonds is 8. The van der Waals surface area contributed by atoms with Crippen molar-refractivity contribution in [1.82, 2.24) is 19.5 Å². The molecular weight excluding hydrogens is 482 g/mol. The van der Waals surface area contributed by atoms with Gasteiger partial charge in [-0.3, -0.25) is 5.10 Å². The molecule has 0 aliphatic heterocycles. The number of H-pyrrole nitrogens is 1. The zero-order valence-electron chi connectivity index (χ0n) is 22.0. The van der Waals surface area contributed by atoms with Gasteiger partial charge in [-0.05, 0) is 30.6 Å². The summed E-state index contributed by atoms with van der Waals surface area (Å²) in [7, 11) is 0. The second-order valence-electron chi connectivity index (χ2n) is 9.99. The molecule has 9 heteroatoms. The maximum atomic E-state index is 13.7. The fourth-order valence-corrected chi connectivity index (χ4v) is 5.38. The lowest BCUT2D eigenvalue weighted by Crippen LogP contribution is -2.37.